The third-order valence-electron chi connectivity index (χ3n) is 1.47. The monoisotopic (exact) mass is 172 g/mol. The Morgan fingerprint density at radius 2 is 2.18 bits per heavy atom. The number of carbonyl (C=O) groups is 1. The number of rotatable bonds is 1. The van der Waals surface area contributed by atoms with Crippen molar-refractivity contribution in [3.8, 4) is 0 Å². The molecule has 0 bridgehead atoms. The lowest BCUT2D eigenvalue weighted by Gasteiger charge is -2.00. The van der Waals surface area contributed by atoms with Crippen LogP contribution in [0.3, 0.4) is 0 Å². The van der Waals surface area contributed by atoms with Crippen LogP contribution in [-0.2, 0) is 0 Å². The number of hydrogen-bond acceptors (Lipinski definition) is 1. The molecule has 0 saturated heterocycles. The van der Waals surface area contributed by atoms with E-state index in [9.17, 15) is 9.18 Å². The van der Waals surface area contributed by atoms with E-state index in [0.29, 0.717) is 11.8 Å². The fourth-order valence-corrected chi connectivity index (χ4v) is 0.972. The summed E-state index contributed by atoms with van der Waals surface area (Å²) >= 11 is 5.43. The van der Waals surface area contributed by atoms with E-state index in [0.717, 1.165) is 0 Å². The second kappa shape index (κ2) is 3.01. The molecule has 0 fully saturated rings. The molecule has 0 radical (unpaired) electrons. The second-order valence-corrected chi connectivity index (χ2v) is 2.62. The minimum Gasteiger partial charge on any atom is -0.298 e. The fraction of sp³-hybridized carbons (Fsp3) is 0.125. The number of benzene rings is 1. The van der Waals surface area contributed by atoms with Crippen molar-refractivity contribution in [3.05, 3.63) is 34.1 Å². The molecule has 58 valence electrons. The zero-order chi connectivity index (χ0) is 8.43. The van der Waals surface area contributed by atoms with Gasteiger partial charge in [0.25, 0.3) is 0 Å². The summed E-state index contributed by atoms with van der Waals surface area (Å²) in [7, 11) is 0. The third-order valence-corrected chi connectivity index (χ3v) is 1.76. The number of hydrogen-bond donors (Lipinski definition) is 0. The van der Waals surface area contributed by atoms with Crippen molar-refractivity contribution in [2.45, 2.75) is 6.92 Å². The van der Waals surface area contributed by atoms with Gasteiger partial charge in [-0.3, -0.25) is 4.79 Å². The Kier molecular flexibility index (Phi) is 2.25. The summed E-state index contributed by atoms with van der Waals surface area (Å²) in [6.45, 7) is 1.66. The smallest absolute Gasteiger partial charge is 0.153 e. The van der Waals surface area contributed by atoms with Gasteiger partial charge in [0.2, 0.25) is 0 Å². The first-order valence-electron chi connectivity index (χ1n) is 3.06. The minimum atomic E-state index is -0.637. The molecule has 0 atom stereocenters. The summed E-state index contributed by atoms with van der Waals surface area (Å²) in [4.78, 5) is 10.3. The first-order valence-corrected chi connectivity index (χ1v) is 3.44. The van der Waals surface area contributed by atoms with Gasteiger partial charge in [0.05, 0.1) is 10.6 Å². The Hall–Kier alpha value is -0.890. The van der Waals surface area contributed by atoms with Crippen LogP contribution < -0.4 is 0 Å². The maximum Gasteiger partial charge on any atom is 0.153 e. The number of aryl methyl sites for hydroxylation is 1. The van der Waals surface area contributed by atoms with Crippen LogP contribution in [-0.4, -0.2) is 6.29 Å². The Morgan fingerprint density at radius 1 is 1.55 bits per heavy atom. The summed E-state index contributed by atoms with van der Waals surface area (Å²) < 4.78 is 12.9. The summed E-state index contributed by atoms with van der Waals surface area (Å²) in [6, 6.07) is 3.04. The minimum absolute atomic E-state index is 0.0160. The van der Waals surface area contributed by atoms with Crippen LogP contribution in [0, 0.1) is 12.7 Å². The van der Waals surface area contributed by atoms with E-state index >= 15 is 0 Å². The lowest BCUT2D eigenvalue weighted by molar-refractivity contribution is 0.111. The van der Waals surface area contributed by atoms with Gasteiger partial charge in [-0.25, -0.2) is 4.39 Å². The van der Waals surface area contributed by atoms with Gasteiger partial charge >= 0.3 is 0 Å². The van der Waals surface area contributed by atoms with E-state index in [1.807, 2.05) is 0 Å². The summed E-state index contributed by atoms with van der Waals surface area (Å²) in [5.41, 5.74) is 0.638. The SMILES string of the molecule is Cc1ccc(Cl)c(F)c1C=O. The molecular weight excluding hydrogens is 167 g/mol. The standard InChI is InChI=1S/C8H6ClFO/c1-5-2-3-7(9)8(10)6(5)4-11/h2-4H,1H3. The number of carbonyl (C=O) groups excluding carboxylic acids is 1. The molecule has 0 aliphatic heterocycles. The van der Waals surface area contributed by atoms with Crippen molar-refractivity contribution in [1.82, 2.24) is 0 Å². The first kappa shape index (κ1) is 8.21. The molecule has 1 nitrogen and oxygen atoms in total. The zero-order valence-corrected chi connectivity index (χ0v) is 6.65. The second-order valence-electron chi connectivity index (χ2n) is 2.21. The van der Waals surface area contributed by atoms with Crippen molar-refractivity contribution in [2.24, 2.45) is 0 Å². The zero-order valence-electron chi connectivity index (χ0n) is 5.90. The largest absolute Gasteiger partial charge is 0.298 e. The molecule has 0 heterocycles. The van der Waals surface area contributed by atoms with Crippen LogP contribution in [0.25, 0.3) is 0 Å². The summed E-state index contributed by atoms with van der Waals surface area (Å²) in [5, 5.41) is -0.0160. The molecule has 0 aliphatic rings. The molecule has 1 aromatic carbocycles. The third kappa shape index (κ3) is 1.40. The average molecular weight is 173 g/mol. The molecular formula is C8H6ClFO. The number of halogens is 2. The first-order chi connectivity index (χ1) is 5.16. The Balaban J connectivity index is 3.40. The predicted octanol–water partition coefficient (Wildman–Crippen LogP) is 2.60. The molecule has 0 spiro atoms. The lowest BCUT2D eigenvalue weighted by atomic mass is 10.1. The van der Waals surface area contributed by atoms with Crippen molar-refractivity contribution >= 4 is 17.9 Å². The van der Waals surface area contributed by atoms with Gasteiger partial charge in [-0.1, -0.05) is 17.7 Å². The van der Waals surface area contributed by atoms with Crippen LogP contribution in [0.2, 0.25) is 5.02 Å². The Labute approximate surface area is 68.8 Å². The molecule has 0 aromatic heterocycles. The van der Waals surface area contributed by atoms with Crippen LogP contribution in [0.15, 0.2) is 12.1 Å². The van der Waals surface area contributed by atoms with E-state index < -0.39 is 5.82 Å². The van der Waals surface area contributed by atoms with Crippen molar-refractivity contribution in [2.75, 3.05) is 0 Å². The van der Waals surface area contributed by atoms with Crippen LogP contribution in [0.4, 0.5) is 4.39 Å². The van der Waals surface area contributed by atoms with Gasteiger partial charge in [0.15, 0.2) is 12.1 Å². The molecule has 11 heavy (non-hydrogen) atoms. The highest BCUT2D eigenvalue weighted by molar-refractivity contribution is 6.31. The topological polar surface area (TPSA) is 17.1 Å². The highest BCUT2D eigenvalue weighted by Crippen LogP contribution is 2.19. The van der Waals surface area contributed by atoms with Crippen LogP contribution in [0.1, 0.15) is 15.9 Å². The van der Waals surface area contributed by atoms with E-state index in [2.05, 4.69) is 0 Å². The molecule has 0 N–H and O–H groups in total. The van der Waals surface area contributed by atoms with Crippen molar-refractivity contribution in [1.29, 1.82) is 0 Å². The van der Waals surface area contributed by atoms with Gasteiger partial charge in [-0.2, -0.15) is 0 Å². The molecule has 1 rings (SSSR count). The van der Waals surface area contributed by atoms with Gasteiger partial charge in [0.1, 0.15) is 0 Å². The summed E-state index contributed by atoms with van der Waals surface area (Å²) in [5.74, 6) is -0.637. The van der Waals surface area contributed by atoms with Gasteiger partial charge < -0.3 is 0 Å². The lowest BCUT2D eigenvalue weighted by Crippen LogP contribution is -1.92. The molecule has 0 saturated carbocycles. The normalized spacial score (nSPS) is 9.73. The summed E-state index contributed by atoms with van der Waals surface area (Å²) in [6.07, 6.45) is 0.469. The molecule has 0 aliphatic carbocycles. The van der Waals surface area contributed by atoms with Crippen molar-refractivity contribution < 1.29 is 9.18 Å². The maximum atomic E-state index is 12.9. The predicted molar refractivity (Wildman–Crippen MR) is 41.5 cm³/mol. The van der Waals surface area contributed by atoms with Gasteiger partial charge in [-0.05, 0) is 18.6 Å². The number of aldehydes is 1. The van der Waals surface area contributed by atoms with Crippen LogP contribution >= 0.6 is 11.6 Å². The Bertz CT molecular complexity index is 296. The average Bonchev–Trinajstić information content (AvgIpc) is 1.99. The van der Waals surface area contributed by atoms with E-state index in [1.54, 1.807) is 13.0 Å². The molecule has 3 heteroatoms. The van der Waals surface area contributed by atoms with E-state index in [1.165, 1.54) is 6.07 Å². The molecule has 0 unspecified atom stereocenters. The van der Waals surface area contributed by atoms with E-state index in [4.69, 9.17) is 11.6 Å². The van der Waals surface area contributed by atoms with Crippen molar-refractivity contribution in [3.63, 3.8) is 0 Å². The molecule has 0 amide bonds. The Morgan fingerprint density at radius 3 is 2.64 bits per heavy atom. The van der Waals surface area contributed by atoms with Gasteiger partial charge in [0, 0.05) is 0 Å². The fourth-order valence-electron chi connectivity index (χ4n) is 0.808. The van der Waals surface area contributed by atoms with E-state index in [-0.39, 0.29) is 10.6 Å². The van der Waals surface area contributed by atoms with Gasteiger partial charge in [-0.15, -0.1) is 0 Å². The molecule has 1 aromatic rings. The maximum absolute atomic E-state index is 12.9. The van der Waals surface area contributed by atoms with Crippen LogP contribution in [0.5, 0.6) is 0 Å². The highest BCUT2D eigenvalue weighted by Gasteiger charge is 2.07. The quantitative estimate of drug-likeness (QED) is 0.595. The highest BCUT2D eigenvalue weighted by atomic mass is 35.5.